The van der Waals surface area contributed by atoms with E-state index < -0.39 is 10.0 Å². The summed E-state index contributed by atoms with van der Waals surface area (Å²) in [6.07, 6.45) is 11.3. The molecule has 0 aromatic heterocycles. The van der Waals surface area contributed by atoms with Crippen molar-refractivity contribution in [2.75, 3.05) is 13.1 Å². The summed E-state index contributed by atoms with van der Waals surface area (Å²) in [5.74, 6) is 2.48. The molecule has 1 aromatic carbocycles. The highest BCUT2D eigenvalue weighted by Crippen LogP contribution is 2.48. The van der Waals surface area contributed by atoms with E-state index in [0.29, 0.717) is 38.8 Å². The van der Waals surface area contributed by atoms with E-state index in [1.165, 1.54) is 26.0 Å². The highest BCUT2D eigenvalue weighted by molar-refractivity contribution is 7.93. The molecule has 1 aliphatic carbocycles. The van der Waals surface area contributed by atoms with Crippen LogP contribution in [0.15, 0.2) is 53.0 Å². The quantitative estimate of drug-likeness (QED) is 0.385. The van der Waals surface area contributed by atoms with E-state index in [9.17, 15) is 18.0 Å². The molecule has 2 aliphatic rings. The van der Waals surface area contributed by atoms with Crippen molar-refractivity contribution < 1.29 is 18.0 Å². The summed E-state index contributed by atoms with van der Waals surface area (Å²) in [6, 6.07) is 10.1. The van der Waals surface area contributed by atoms with E-state index in [4.69, 9.17) is 6.42 Å². The van der Waals surface area contributed by atoms with Gasteiger partial charge in [-0.05, 0) is 62.2 Å². The van der Waals surface area contributed by atoms with Crippen molar-refractivity contribution in [3.05, 3.63) is 58.5 Å². The Morgan fingerprint density at radius 2 is 1.97 bits per heavy atom. The molecule has 0 amide bonds. The number of fused-ring (bicyclic) bond motifs is 1. The maximum atomic E-state index is 13.3. The van der Waals surface area contributed by atoms with Crippen LogP contribution in [0.3, 0.4) is 0 Å². The normalized spacial score (nSPS) is 25.6. The van der Waals surface area contributed by atoms with Gasteiger partial charge in [-0.15, -0.1) is 6.42 Å². The minimum Gasteiger partial charge on any atom is -0.300 e. The number of rotatable bonds is 6. The molecule has 0 N–H and O–H groups in total. The average molecular weight is 440 g/mol. The van der Waals surface area contributed by atoms with Crippen LogP contribution in [0.1, 0.15) is 45.1 Å². The molecule has 6 heteroatoms. The number of terminal acetylenes is 1. The first-order chi connectivity index (χ1) is 14.7. The average Bonchev–Trinajstić information content (AvgIpc) is 2.74. The molecule has 31 heavy (non-hydrogen) atoms. The first kappa shape index (κ1) is 23.2. The Balaban J connectivity index is 1.90. The number of hydrogen-bond donors (Lipinski definition) is 0. The van der Waals surface area contributed by atoms with E-state index in [-0.39, 0.29) is 33.4 Å². The lowest BCUT2D eigenvalue weighted by Crippen LogP contribution is -2.54. The molecular weight excluding hydrogens is 410 g/mol. The minimum absolute atomic E-state index is 0.139. The number of allylic oxidation sites excluding steroid dienone is 4. The fourth-order valence-electron chi connectivity index (χ4n) is 4.79. The Bertz CT molecular complexity index is 1060. The molecule has 2 unspecified atom stereocenters. The number of piperidine rings is 1. The molecule has 3 rings (SSSR count). The molecule has 2 fully saturated rings. The van der Waals surface area contributed by atoms with E-state index in [0.717, 1.165) is 12.0 Å². The van der Waals surface area contributed by atoms with E-state index in [1.807, 2.05) is 18.2 Å². The summed E-state index contributed by atoms with van der Waals surface area (Å²) >= 11 is 0. The molecule has 5 nitrogen and oxygen atoms in total. The summed E-state index contributed by atoms with van der Waals surface area (Å²) in [5.41, 5.74) is 1.05. The maximum absolute atomic E-state index is 13.3. The zero-order chi connectivity index (χ0) is 22.6. The van der Waals surface area contributed by atoms with Crippen LogP contribution >= 0.6 is 0 Å². The fourth-order valence-corrected chi connectivity index (χ4v) is 6.21. The third-order valence-corrected chi connectivity index (χ3v) is 8.57. The van der Waals surface area contributed by atoms with Gasteiger partial charge >= 0.3 is 0 Å². The third kappa shape index (κ3) is 5.06. The summed E-state index contributed by atoms with van der Waals surface area (Å²) in [7, 11) is -3.70. The number of hydrogen-bond acceptors (Lipinski definition) is 4. The standard InChI is InChI=1S/C25H29NO4S/c1-4-22(20(3)27)11-10-19(2)31(29,30)26-15-13-23-16-24(28)12-14-25(23,18-26)17-21-8-6-5-7-9-21/h1,5-11,23H,12-18H2,2-3H3/b19-10+,22-11+. The van der Waals surface area contributed by atoms with Gasteiger partial charge < -0.3 is 0 Å². The highest BCUT2D eigenvalue weighted by Gasteiger charge is 2.48. The molecule has 2 atom stereocenters. The van der Waals surface area contributed by atoms with Crippen molar-refractivity contribution in [1.29, 1.82) is 0 Å². The summed E-state index contributed by atoms with van der Waals surface area (Å²) in [5, 5.41) is 0. The van der Waals surface area contributed by atoms with Gasteiger partial charge in [-0.1, -0.05) is 36.3 Å². The Morgan fingerprint density at radius 3 is 2.61 bits per heavy atom. The van der Waals surface area contributed by atoms with Crippen molar-refractivity contribution in [2.24, 2.45) is 11.3 Å². The van der Waals surface area contributed by atoms with Gasteiger partial charge in [-0.3, -0.25) is 9.59 Å². The maximum Gasteiger partial charge on any atom is 0.238 e. The van der Waals surface area contributed by atoms with Gasteiger partial charge in [0, 0.05) is 25.9 Å². The van der Waals surface area contributed by atoms with E-state index in [2.05, 4.69) is 18.1 Å². The molecule has 1 saturated carbocycles. The van der Waals surface area contributed by atoms with Gasteiger partial charge in [0.2, 0.25) is 10.0 Å². The molecule has 1 aromatic rings. The van der Waals surface area contributed by atoms with Crippen LogP contribution in [0.25, 0.3) is 0 Å². The fraction of sp³-hybridized carbons (Fsp3) is 0.440. The summed E-state index contributed by atoms with van der Waals surface area (Å²) in [4.78, 5) is 23.8. The van der Waals surface area contributed by atoms with Crippen molar-refractivity contribution in [1.82, 2.24) is 4.31 Å². The van der Waals surface area contributed by atoms with Crippen molar-refractivity contribution >= 4 is 21.6 Å². The highest BCUT2D eigenvalue weighted by atomic mass is 32.2. The zero-order valence-corrected chi connectivity index (χ0v) is 19.0. The smallest absolute Gasteiger partial charge is 0.238 e. The predicted octanol–water partition coefficient (Wildman–Crippen LogP) is 3.67. The number of benzene rings is 1. The van der Waals surface area contributed by atoms with Crippen LogP contribution in [0.5, 0.6) is 0 Å². The van der Waals surface area contributed by atoms with Crippen LogP contribution in [0.2, 0.25) is 0 Å². The van der Waals surface area contributed by atoms with Crippen molar-refractivity contribution in [3.8, 4) is 12.3 Å². The van der Waals surface area contributed by atoms with Gasteiger partial charge in [0.1, 0.15) is 5.78 Å². The lowest BCUT2D eigenvalue weighted by molar-refractivity contribution is -0.126. The molecule has 0 radical (unpaired) electrons. The number of Topliss-reactive ketones (excluding diaryl/α,β-unsaturated/α-hetero) is 2. The van der Waals surface area contributed by atoms with Gasteiger partial charge in [0.15, 0.2) is 5.78 Å². The van der Waals surface area contributed by atoms with Crippen LogP contribution in [-0.2, 0) is 26.0 Å². The largest absolute Gasteiger partial charge is 0.300 e. The Labute approximate surface area is 185 Å². The van der Waals surface area contributed by atoms with Crippen molar-refractivity contribution in [2.45, 2.75) is 46.0 Å². The van der Waals surface area contributed by atoms with Crippen LogP contribution < -0.4 is 0 Å². The number of carbonyl (C=O) groups is 2. The van der Waals surface area contributed by atoms with Gasteiger partial charge in [0.25, 0.3) is 0 Å². The Hall–Kier alpha value is -2.49. The first-order valence-electron chi connectivity index (χ1n) is 10.6. The minimum atomic E-state index is -3.70. The van der Waals surface area contributed by atoms with Gasteiger partial charge in [-0.25, -0.2) is 8.42 Å². The molecular formula is C25H29NO4S. The lowest BCUT2D eigenvalue weighted by Gasteiger charge is -2.50. The second-order valence-corrected chi connectivity index (χ2v) is 10.8. The van der Waals surface area contributed by atoms with Crippen LogP contribution in [0, 0.1) is 23.7 Å². The molecule has 0 bridgehead atoms. The SMILES string of the molecule is C#C/C(=C\C=C(/C)S(=O)(=O)N1CCC2CC(=O)CCC2(Cc2ccccc2)C1)C(C)=O. The Kier molecular flexibility index (Phi) is 6.98. The van der Waals surface area contributed by atoms with Gasteiger partial charge in [-0.2, -0.15) is 4.31 Å². The molecule has 164 valence electrons. The topological polar surface area (TPSA) is 71.5 Å². The first-order valence-corrected chi connectivity index (χ1v) is 12.0. The van der Waals surface area contributed by atoms with Crippen molar-refractivity contribution in [3.63, 3.8) is 0 Å². The van der Waals surface area contributed by atoms with E-state index in [1.54, 1.807) is 4.31 Å². The van der Waals surface area contributed by atoms with Crippen LogP contribution in [-0.4, -0.2) is 37.4 Å². The van der Waals surface area contributed by atoms with Gasteiger partial charge in [0.05, 0.1) is 10.5 Å². The molecule has 0 spiro atoms. The number of nitrogens with zero attached hydrogens (tertiary/aromatic N) is 1. The monoisotopic (exact) mass is 439 g/mol. The molecule has 1 heterocycles. The second kappa shape index (κ2) is 9.33. The Morgan fingerprint density at radius 1 is 1.26 bits per heavy atom. The summed E-state index contributed by atoms with van der Waals surface area (Å²) < 4.78 is 28.2. The predicted molar refractivity (Wildman–Crippen MR) is 121 cm³/mol. The number of sulfonamides is 1. The second-order valence-electron chi connectivity index (χ2n) is 8.65. The van der Waals surface area contributed by atoms with Crippen LogP contribution in [0.4, 0.5) is 0 Å². The third-order valence-electron chi connectivity index (χ3n) is 6.63. The number of carbonyl (C=O) groups excluding carboxylic acids is 2. The van der Waals surface area contributed by atoms with E-state index >= 15 is 0 Å². The number of ketones is 2. The zero-order valence-electron chi connectivity index (χ0n) is 18.1. The molecule has 1 aliphatic heterocycles. The summed E-state index contributed by atoms with van der Waals surface area (Å²) in [6.45, 7) is 3.67. The molecule has 1 saturated heterocycles. The lowest BCUT2D eigenvalue weighted by atomic mass is 9.60.